The Balaban J connectivity index is 1.67. The van der Waals surface area contributed by atoms with Crippen molar-refractivity contribution in [2.75, 3.05) is 18.5 Å². The molecule has 0 saturated carbocycles. The molecule has 1 aliphatic rings. The van der Waals surface area contributed by atoms with Crippen LogP contribution < -0.4 is 10.9 Å². The molecule has 0 unspecified atom stereocenters. The normalized spacial score (nSPS) is 15.9. The summed E-state index contributed by atoms with van der Waals surface area (Å²) in [5.74, 6) is -0.316. The van der Waals surface area contributed by atoms with Gasteiger partial charge in [-0.25, -0.2) is 8.42 Å². The first-order valence-corrected chi connectivity index (χ1v) is 11.3. The third-order valence-corrected chi connectivity index (χ3v) is 8.00. The second kappa shape index (κ2) is 8.55. The molecule has 1 saturated heterocycles. The Labute approximate surface area is 173 Å². The van der Waals surface area contributed by atoms with Gasteiger partial charge in [-0.15, -0.1) is 0 Å². The molecular weight excluding hydrogens is 386 g/mol. The van der Waals surface area contributed by atoms with E-state index in [4.69, 9.17) is 0 Å². The summed E-state index contributed by atoms with van der Waals surface area (Å²) >= 11 is 0. The summed E-state index contributed by atoms with van der Waals surface area (Å²) in [6.45, 7) is 8.30. The van der Waals surface area contributed by atoms with Crippen molar-refractivity contribution in [1.82, 2.24) is 9.73 Å². The van der Waals surface area contributed by atoms with Gasteiger partial charge in [-0.2, -0.15) is 4.31 Å². The molecular formula is C22H29N3O3S. The number of benzene rings is 2. The number of nitrogens with one attached hydrogen (secondary N) is 2. The molecule has 1 fully saturated rings. The van der Waals surface area contributed by atoms with Crippen LogP contribution in [-0.4, -0.2) is 31.7 Å². The van der Waals surface area contributed by atoms with Crippen molar-refractivity contribution in [2.45, 2.75) is 45.4 Å². The largest absolute Gasteiger partial charge is 0.299 e. The molecule has 1 heterocycles. The smallest absolute Gasteiger partial charge is 0.243 e. The van der Waals surface area contributed by atoms with E-state index >= 15 is 0 Å². The molecule has 2 N–H and O–H groups in total. The van der Waals surface area contributed by atoms with Crippen LogP contribution >= 0.6 is 0 Å². The molecule has 0 radical (unpaired) electrons. The zero-order valence-electron chi connectivity index (χ0n) is 17.5. The molecule has 3 rings (SSSR count). The van der Waals surface area contributed by atoms with Crippen LogP contribution in [0.1, 0.15) is 35.1 Å². The van der Waals surface area contributed by atoms with Gasteiger partial charge in [0, 0.05) is 19.0 Å². The van der Waals surface area contributed by atoms with Crippen LogP contribution in [0.15, 0.2) is 41.3 Å². The number of sulfonamides is 1. The second-order valence-electron chi connectivity index (χ2n) is 7.75. The van der Waals surface area contributed by atoms with Crippen molar-refractivity contribution < 1.29 is 13.2 Å². The highest BCUT2D eigenvalue weighted by Gasteiger charge is 2.34. The fourth-order valence-corrected chi connectivity index (χ4v) is 5.86. The SMILES string of the molecule is Cc1cc(C)c(C)c(S(=O)(=O)N2CCC(C(=O)NNc3ccccc3)CC2)c1C. The maximum absolute atomic E-state index is 13.3. The molecule has 0 atom stereocenters. The van der Waals surface area contributed by atoms with Gasteiger partial charge >= 0.3 is 0 Å². The highest BCUT2D eigenvalue weighted by Crippen LogP contribution is 2.31. The summed E-state index contributed by atoms with van der Waals surface area (Å²) in [5, 5.41) is 0. The van der Waals surface area contributed by atoms with Crippen molar-refractivity contribution in [3.63, 3.8) is 0 Å². The number of carbonyl (C=O) groups is 1. The van der Waals surface area contributed by atoms with E-state index in [0.717, 1.165) is 27.9 Å². The first-order chi connectivity index (χ1) is 13.7. The minimum absolute atomic E-state index is 0.107. The topological polar surface area (TPSA) is 78.5 Å². The van der Waals surface area contributed by atoms with Crippen LogP contribution in [0.4, 0.5) is 5.69 Å². The van der Waals surface area contributed by atoms with Gasteiger partial charge in [0.25, 0.3) is 0 Å². The summed E-state index contributed by atoms with van der Waals surface area (Å²) in [4.78, 5) is 12.9. The van der Waals surface area contributed by atoms with Gasteiger partial charge in [-0.05, 0) is 74.9 Å². The van der Waals surface area contributed by atoms with E-state index in [1.165, 1.54) is 4.31 Å². The molecule has 2 aromatic rings. The molecule has 6 nitrogen and oxygen atoms in total. The van der Waals surface area contributed by atoms with E-state index < -0.39 is 10.0 Å². The molecule has 2 aromatic carbocycles. The Morgan fingerprint density at radius 3 is 2.07 bits per heavy atom. The molecule has 0 bridgehead atoms. The maximum atomic E-state index is 13.3. The average Bonchev–Trinajstić information content (AvgIpc) is 2.71. The predicted octanol–water partition coefficient (Wildman–Crippen LogP) is 3.46. The zero-order valence-corrected chi connectivity index (χ0v) is 18.3. The number of nitrogens with zero attached hydrogens (tertiary/aromatic N) is 1. The first-order valence-electron chi connectivity index (χ1n) is 9.90. The quantitative estimate of drug-likeness (QED) is 0.733. The Kier molecular flexibility index (Phi) is 6.29. The number of hydrazine groups is 1. The van der Waals surface area contributed by atoms with E-state index in [9.17, 15) is 13.2 Å². The summed E-state index contributed by atoms with van der Waals surface area (Å²) in [6.07, 6.45) is 1.01. The Hall–Kier alpha value is -2.38. The number of carbonyl (C=O) groups excluding carboxylic acids is 1. The van der Waals surface area contributed by atoms with Gasteiger partial charge in [0.2, 0.25) is 15.9 Å². The van der Waals surface area contributed by atoms with Crippen molar-refractivity contribution in [1.29, 1.82) is 0 Å². The summed E-state index contributed by atoms with van der Waals surface area (Å²) in [6, 6.07) is 11.4. The lowest BCUT2D eigenvalue weighted by Crippen LogP contribution is -2.44. The Morgan fingerprint density at radius 2 is 1.52 bits per heavy atom. The number of amides is 1. The third kappa shape index (κ3) is 4.46. The van der Waals surface area contributed by atoms with E-state index in [1.807, 2.05) is 64.1 Å². The Bertz CT molecular complexity index is 969. The molecule has 0 aliphatic carbocycles. The molecule has 1 amide bonds. The van der Waals surface area contributed by atoms with Crippen LogP contribution in [0, 0.1) is 33.6 Å². The van der Waals surface area contributed by atoms with Gasteiger partial charge in [0.05, 0.1) is 10.6 Å². The monoisotopic (exact) mass is 415 g/mol. The van der Waals surface area contributed by atoms with E-state index in [2.05, 4.69) is 10.9 Å². The van der Waals surface area contributed by atoms with Gasteiger partial charge in [0.15, 0.2) is 0 Å². The summed E-state index contributed by atoms with van der Waals surface area (Å²) in [7, 11) is -3.59. The molecule has 1 aliphatic heterocycles. The third-order valence-electron chi connectivity index (χ3n) is 5.82. The number of hydrogen-bond donors (Lipinski definition) is 2. The molecule has 0 aromatic heterocycles. The average molecular weight is 416 g/mol. The number of rotatable bonds is 5. The lowest BCUT2D eigenvalue weighted by molar-refractivity contribution is -0.125. The highest BCUT2D eigenvalue weighted by molar-refractivity contribution is 7.89. The summed E-state index contributed by atoms with van der Waals surface area (Å²) in [5.41, 5.74) is 10.0. The predicted molar refractivity (Wildman–Crippen MR) is 115 cm³/mol. The van der Waals surface area contributed by atoms with E-state index in [1.54, 1.807) is 0 Å². The van der Waals surface area contributed by atoms with Crippen molar-refractivity contribution in [3.8, 4) is 0 Å². The molecule has 0 spiro atoms. The maximum Gasteiger partial charge on any atom is 0.243 e. The van der Waals surface area contributed by atoms with Crippen molar-refractivity contribution in [3.05, 3.63) is 58.7 Å². The van der Waals surface area contributed by atoms with Crippen LogP contribution in [0.5, 0.6) is 0 Å². The van der Waals surface area contributed by atoms with E-state index in [-0.39, 0.29) is 11.8 Å². The number of para-hydroxylation sites is 1. The number of hydrogen-bond acceptors (Lipinski definition) is 4. The minimum Gasteiger partial charge on any atom is -0.299 e. The van der Waals surface area contributed by atoms with Gasteiger partial charge in [-0.1, -0.05) is 24.3 Å². The molecule has 7 heteroatoms. The van der Waals surface area contributed by atoms with Crippen LogP contribution in [-0.2, 0) is 14.8 Å². The van der Waals surface area contributed by atoms with Crippen molar-refractivity contribution >= 4 is 21.6 Å². The number of anilines is 1. The zero-order chi connectivity index (χ0) is 21.2. The van der Waals surface area contributed by atoms with Gasteiger partial charge in [-0.3, -0.25) is 15.6 Å². The number of piperidine rings is 1. The lowest BCUT2D eigenvalue weighted by atomic mass is 9.98. The Morgan fingerprint density at radius 1 is 0.966 bits per heavy atom. The van der Waals surface area contributed by atoms with Crippen LogP contribution in [0.25, 0.3) is 0 Å². The molecule has 156 valence electrons. The van der Waals surface area contributed by atoms with Crippen molar-refractivity contribution in [2.24, 2.45) is 5.92 Å². The lowest BCUT2D eigenvalue weighted by Gasteiger charge is -2.31. The minimum atomic E-state index is -3.59. The fraction of sp³-hybridized carbons (Fsp3) is 0.409. The fourth-order valence-electron chi connectivity index (χ4n) is 3.81. The molecule has 29 heavy (non-hydrogen) atoms. The number of aryl methyl sites for hydroxylation is 2. The van der Waals surface area contributed by atoms with Crippen LogP contribution in [0.2, 0.25) is 0 Å². The first kappa shape index (κ1) is 21.3. The summed E-state index contributed by atoms with van der Waals surface area (Å²) < 4.78 is 28.2. The van der Waals surface area contributed by atoms with Gasteiger partial charge in [0.1, 0.15) is 0 Å². The van der Waals surface area contributed by atoms with Crippen LogP contribution in [0.3, 0.4) is 0 Å². The highest BCUT2D eigenvalue weighted by atomic mass is 32.2. The standard InChI is InChI=1S/C22H29N3O3S/c1-15-14-16(2)18(4)21(17(15)3)29(27,28)25-12-10-19(11-13-25)22(26)24-23-20-8-6-5-7-9-20/h5-9,14,19,23H,10-13H2,1-4H3,(H,24,26). The van der Waals surface area contributed by atoms with Gasteiger partial charge < -0.3 is 0 Å². The van der Waals surface area contributed by atoms with E-state index in [0.29, 0.717) is 30.8 Å². The second-order valence-corrected chi connectivity index (χ2v) is 9.62.